The molecule has 2 N–H and O–H groups in total. The molecule has 1 saturated carbocycles. The van der Waals surface area contributed by atoms with Crippen LogP contribution in [0.25, 0.3) is 0 Å². The Hall–Kier alpha value is -1.65. The number of rotatable bonds is 8. The molecule has 3 rings (SSSR count). The zero-order chi connectivity index (χ0) is 17.8. The van der Waals surface area contributed by atoms with E-state index in [4.69, 9.17) is 0 Å². The molecule has 0 saturated heterocycles. The highest BCUT2D eigenvalue weighted by molar-refractivity contribution is 7.10. The van der Waals surface area contributed by atoms with Crippen LogP contribution in [0, 0.1) is 5.92 Å². The lowest BCUT2D eigenvalue weighted by atomic mass is 9.98. The van der Waals surface area contributed by atoms with Crippen LogP contribution in [-0.4, -0.2) is 18.0 Å². The SMILES string of the molecule is CC(C)Cc1ccc([C@H](N[C@@H](C)C(=O)NC2CC2)c2cccs2)cc1. The van der Waals surface area contributed by atoms with E-state index in [0.29, 0.717) is 12.0 Å². The number of thiophene rings is 1. The standard InChI is InChI=1S/C21H28N2OS/c1-14(2)13-16-6-8-17(9-7-16)20(19-5-4-12-25-19)22-15(3)21(24)23-18-10-11-18/h4-9,12,14-15,18,20,22H,10-11,13H2,1-3H3,(H,23,24)/t15-,20-/m0/s1. The van der Waals surface area contributed by atoms with Crippen LogP contribution in [0.5, 0.6) is 0 Å². The lowest BCUT2D eigenvalue weighted by molar-refractivity contribution is -0.123. The number of hydrogen-bond acceptors (Lipinski definition) is 3. The molecular formula is C21H28N2OS. The summed E-state index contributed by atoms with van der Waals surface area (Å²) in [7, 11) is 0. The summed E-state index contributed by atoms with van der Waals surface area (Å²) < 4.78 is 0. The van der Waals surface area contributed by atoms with E-state index >= 15 is 0 Å². The molecule has 1 aliphatic carbocycles. The van der Waals surface area contributed by atoms with Crippen LogP contribution >= 0.6 is 11.3 Å². The molecular weight excluding hydrogens is 328 g/mol. The Kier molecular flexibility index (Phi) is 5.92. The smallest absolute Gasteiger partial charge is 0.237 e. The van der Waals surface area contributed by atoms with E-state index in [1.807, 2.05) is 6.92 Å². The van der Waals surface area contributed by atoms with Gasteiger partial charge < -0.3 is 5.32 Å². The van der Waals surface area contributed by atoms with Crippen LogP contribution in [-0.2, 0) is 11.2 Å². The van der Waals surface area contributed by atoms with Crippen LogP contribution in [0.3, 0.4) is 0 Å². The Bertz CT molecular complexity index is 674. The van der Waals surface area contributed by atoms with Gasteiger partial charge in [0.2, 0.25) is 5.91 Å². The van der Waals surface area contributed by atoms with Crippen LogP contribution in [0.1, 0.15) is 55.7 Å². The molecule has 2 atom stereocenters. The first kappa shape index (κ1) is 18.2. The van der Waals surface area contributed by atoms with Crippen LogP contribution in [0.4, 0.5) is 0 Å². The predicted molar refractivity (Wildman–Crippen MR) is 105 cm³/mol. The molecule has 1 heterocycles. The molecule has 1 aromatic heterocycles. The lowest BCUT2D eigenvalue weighted by Gasteiger charge is -2.23. The fraction of sp³-hybridized carbons (Fsp3) is 0.476. The van der Waals surface area contributed by atoms with Crippen molar-refractivity contribution >= 4 is 17.2 Å². The fourth-order valence-electron chi connectivity index (χ4n) is 3.00. The molecule has 1 amide bonds. The number of nitrogens with one attached hydrogen (secondary N) is 2. The number of amides is 1. The normalized spacial score (nSPS) is 16.6. The maximum absolute atomic E-state index is 12.3. The van der Waals surface area contributed by atoms with Gasteiger partial charge in [0.25, 0.3) is 0 Å². The minimum Gasteiger partial charge on any atom is -0.352 e. The first-order valence-electron chi connectivity index (χ1n) is 9.21. The molecule has 0 unspecified atom stereocenters. The molecule has 1 aromatic carbocycles. The van der Waals surface area contributed by atoms with Crippen LogP contribution in [0.2, 0.25) is 0 Å². The van der Waals surface area contributed by atoms with Gasteiger partial charge in [-0.1, -0.05) is 44.2 Å². The topological polar surface area (TPSA) is 41.1 Å². The van der Waals surface area contributed by atoms with Gasteiger partial charge >= 0.3 is 0 Å². The summed E-state index contributed by atoms with van der Waals surface area (Å²) in [6.45, 7) is 6.43. The summed E-state index contributed by atoms with van der Waals surface area (Å²) in [5, 5.41) is 8.70. The zero-order valence-electron chi connectivity index (χ0n) is 15.3. The van der Waals surface area contributed by atoms with Gasteiger partial charge in [0.15, 0.2) is 0 Å². The van der Waals surface area contributed by atoms with E-state index in [1.165, 1.54) is 16.0 Å². The average Bonchev–Trinajstić information content (AvgIpc) is 3.23. The minimum absolute atomic E-state index is 0.0491. The fourth-order valence-corrected chi connectivity index (χ4v) is 3.81. The monoisotopic (exact) mass is 356 g/mol. The summed E-state index contributed by atoms with van der Waals surface area (Å²) >= 11 is 1.73. The first-order chi connectivity index (χ1) is 12.0. The van der Waals surface area contributed by atoms with Crippen molar-refractivity contribution in [3.63, 3.8) is 0 Å². The van der Waals surface area contributed by atoms with Gasteiger partial charge in [-0.25, -0.2) is 0 Å². The summed E-state index contributed by atoms with van der Waals surface area (Å²) in [5.74, 6) is 0.753. The van der Waals surface area contributed by atoms with E-state index in [-0.39, 0.29) is 18.0 Å². The number of hydrogen-bond donors (Lipinski definition) is 2. The van der Waals surface area contributed by atoms with Gasteiger partial charge in [0.1, 0.15) is 0 Å². The van der Waals surface area contributed by atoms with Crippen molar-refractivity contribution in [3.8, 4) is 0 Å². The zero-order valence-corrected chi connectivity index (χ0v) is 16.1. The van der Waals surface area contributed by atoms with Gasteiger partial charge in [0, 0.05) is 10.9 Å². The molecule has 4 heteroatoms. The van der Waals surface area contributed by atoms with Gasteiger partial charge in [-0.2, -0.15) is 0 Å². The number of carbonyl (C=O) groups is 1. The Morgan fingerprint density at radius 1 is 1.16 bits per heavy atom. The molecule has 2 aromatic rings. The molecule has 0 bridgehead atoms. The molecule has 3 nitrogen and oxygen atoms in total. The Labute approximate surface area is 154 Å². The Balaban J connectivity index is 1.74. The molecule has 0 radical (unpaired) electrons. The van der Waals surface area contributed by atoms with Gasteiger partial charge in [-0.3, -0.25) is 10.1 Å². The van der Waals surface area contributed by atoms with Crippen molar-refractivity contribution in [2.75, 3.05) is 0 Å². The molecule has 1 fully saturated rings. The molecule has 134 valence electrons. The number of benzene rings is 1. The Morgan fingerprint density at radius 2 is 1.88 bits per heavy atom. The molecule has 25 heavy (non-hydrogen) atoms. The van der Waals surface area contributed by atoms with Crippen molar-refractivity contribution in [2.45, 2.75) is 58.2 Å². The Morgan fingerprint density at radius 3 is 2.44 bits per heavy atom. The van der Waals surface area contributed by atoms with Crippen molar-refractivity contribution < 1.29 is 4.79 Å². The third-order valence-electron chi connectivity index (χ3n) is 4.52. The maximum atomic E-state index is 12.3. The second-order valence-electron chi connectivity index (χ2n) is 7.46. The lowest BCUT2D eigenvalue weighted by Crippen LogP contribution is -2.44. The highest BCUT2D eigenvalue weighted by atomic mass is 32.1. The third-order valence-corrected chi connectivity index (χ3v) is 5.46. The van der Waals surface area contributed by atoms with E-state index in [2.05, 4.69) is 66.3 Å². The third kappa shape index (κ3) is 5.16. The van der Waals surface area contributed by atoms with Crippen molar-refractivity contribution in [1.82, 2.24) is 10.6 Å². The summed E-state index contributed by atoms with van der Waals surface area (Å²) in [4.78, 5) is 13.6. The van der Waals surface area contributed by atoms with Crippen molar-refractivity contribution in [2.24, 2.45) is 5.92 Å². The van der Waals surface area contributed by atoms with Gasteiger partial charge in [-0.05, 0) is 54.7 Å². The quantitative estimate of drug-likeness (QED) is 0.741. The minimum atomic E-state index is -0.219. The molecule has 1 aliphatic rings. The van der Waals surface area contributed by atoms with Crippen molar-refractivity contribution in [3.05, 3.63) is 57.8 Å². The average molecular weight is 357 g/mol. The van der Waals surface area contributed by atoms with E-state index < -0.39 is 0 Å². The van der Waals surface area contributed by atoms with Gasteiger partial charge in [0.05, 0.1) is 12.1 Å². The highest BCUT2D eigenvalue weighted by Crippen LogP contribution is 2.27. The van der Waals surface area contributed by atoms with Crippen LogP contribution < -0.4 is 10.6 Å². The second kappa shape index (κ2) is 8.15. The predicted octanol–water partition coefficient (Wildman–Crippen LogP) is 4.29. The van der Waals surface area contributed by atoms with E-state index in [9.17, 15) is 4.79 Å². The van der Waals surface area contributed by atoms with Crippen LogP contribution in [0.15, 0.2) is 41.8 Å². The maximum Gasteiger partial charge on any atom is 0.237 e. The molecule has 0 spiro atoms. The van der Waals surface area contributed by atoms with Gasteiger partial charge in [-0.15, -0.1) is 11.3 Å². The van der Waals surface area contributed by atoms with Crippen molar-refractivity contribution in [1.29, 1.82) is 0 Å². The van der Waals surface area contributed by atoms with E-state index in [0.717, 1.165) is 19.3 Å². The summed E-state index contributed by atoms with van der Waals surface area (Å²) in [6, 6.07) is 13.2. The first-order valence-corrected chi connectivity index (χ1v) is 10.1. The highest BCUT2D eigenvalue weighted by Gasteiger charge is 2.27. The summed E-state index contributed by atoms with van der Waals surface area (Å²) in [5.41, 5.74) is 2.57. The molecule has 0 aliphatic heterocycles. The second-order valence-corrected chi connectivity index (χ2v) is 8.44. The number of carbonyl (C=O) groups excluding carboxylic acids is 1. The van der Waals surface area contributed by atoms with E-state index in [1.54, 1.807) is 11.3 Å². The summed E-state index contributed by atoms with van der Waals surface area (Å²) in [6.07, 6.45) is 3.33. The largest absolute Gasteiger partial charge is 0.352 e.